The summed E-state index contributed by atoms with van der Waals surface area (Å²) in [7, 11) is -2.94. The van der Waals surface area contributed by atoms with Crippen LogP contribution in [0.5, 0.6) is 0 Å². The molecule has 0 unspecified atom stereocenters. The lowest BCUT2D eigenvalue weighted by molar-refractivity contribution is 0.599. The number of fused-ring (bicyclic) bond motifs is 1. The van der Waals surface area contributed by atoms with Gasteiger partial charge in [0.05, 0.1) is 11.9 Å². The van der Waals surface area contributed by atoms with Crippen molar-refractivity contribution in [2.24, 2.45) is 0 Å². The average Bonchev–Trinajstić information content (AvgIpc) is 2.65. The third-order valence-corrected chi connectivity index (χ3v) is 3.30. The van der Waals surface area contributed by atoms with Crippen LogP contribution in [0.15, 0.2) is 18.3 Å². The number of nitrogens with one attached hydrogen (secondary N) is 1. The highest BCUT2D eigenvalue weighted by Gasteiger charge is 2.05. The second kappa shape index (κ2) is 4.89. The highest BCUT2D eigenvalue weighted by atomic mass is 32.2. The van der Waals surface area contributed by atoms with Crippen LogP contribution in [0.4, 0.5) is 10.3 Å². The van der Waals surface area contributed by atoms with Gasteiger partial charge in [0.2, 0.25) is 5.95 Å². The van der Waals surface area contributed by atoms with Gasteiger partial charge in [-0.25, -0.2) is 17.3 Å². The van der Waals surface area contributed by atoms with Gasteiger partial charge in [0.15, 0.2) is 5.65 Å². The van der Waals surface area contributed by atoms with Crippen molar-refractivity contribution < 1.29 is 12.8 Å². The summed E-state index contributed by atoms with van der Waals surface area (Å²) < 4.78 is 36.1. The molecule has 18 heavy (non-hydrogen) atoms. The van der Waals surface area contributed by atoms with Gasteiger partial charge in [0, 0.05) is 12.8 Å². The number of nitrogens with zero attached hydrogens (tertiary/aromatic N) is 3. The number of pyridine rings is 1. The fourth-order valence-electron chi connectivity index (χ4n) is 1.47. The Kier molecular flexibility index (Phi) is 3.46. The van der Waals surface area contributed by atoms with Crippen LogP contribution < -0.4 is 5.32 Å². The van der Waals surface area contributed by atoms with Gasteiger partial charge in [-0.05, 0) is 18.6 Å². The van der Waals surface area contributed by atoms with Crippen molar-refractivity contribution in [2.75, 3.05) is 23.9 Å². The van der Waals surface area contributed by atoms with E-state index in [1.54, 1.807) is 0 Å². The predicted molar refractivity (Wildman–Crippen MR) is 65.8 cm³/mol. The van der Waals surface area contributed by atoms with Crippen molar-refractivity contribution in [1.29, 1.82) is 0 Å². The summed E-state index contributed by atoms with van der Waals surface area (Å²) in [5.41, 5.74) is 0.530. The summed E-state index contributed by atoms with van der Waals surface area (Å²) in [5, 5.41) is 6.91. The third kappa shape index (κ3) is 3.39. The third-order valence-electron chi connectivity index (χ3n) is 2.27. The number of hydrogen-bond donors (Lipinski definition) is 1. The van der Waals surface area contributed by atoms with Gasteiger partial charge in [0.25, 0.3) is 0 Å². The molecule has 2 rings (SSSR count). The van der Waals surface area contributed by atoms with Gasteiger partial charge in [-0.3, -0.25) is 0 Å². The van der Waals surface area contributed by atoms with Crippen molar-refractivity contribution in [3.8, 4) is 0 Å². The molecule has 0 aliphatic rings. The maximum absolute atomic E-state index is 12.9. The molecule has 0 aliphatic carbocycles. The Hall–Kier alpha value is -1.70. The monoisotopic (exact) mass is 272 g/mol. The Morgan fingerprint density at radius 1 is 1.44 bits per heavy atom. The number of sulfone groups is 1. The van der Waals surface area contributed by atoms with Crippen LogP contribution in [-0.2, 0) is 9.84 Å². The Labute approximate surface area is 104 Å². The van der Waals surface area contributed by atoms with Gasteiger partial charge in [-0.15, -0.1) is 5.10 Å². The van der Waals surface area contributed by atoms with Crippen LogP contribution in [0.3, 0.4) is 0 Å². The minimum atomic E-state index is -2.94. The van der Waals surface area contributed by atoms with E-state index in [1.807, 2.05) is 0 Å². The molecule has 0 amide bonds. The first-order valence-electron chi connectivity index (χ1n) is 5.37. The number of anilines is 1. The molecule has 0 radical (unpaired) electrons. The standard InChI is InChI=1S/C10H13FN4O2S/c1-18(16,17)6-2-5-12-10-13-9-4-3-8(11)7-15(9)14-10/h3-4,7H,2,5-6H2,1H3,(H,12,14). The molecule has 0 saturated heterocycles. The maximum atomic E-state index is 12.9. The molecule has 0 bridgehead atoms. The van der Waals surface area contributed by atoms with Crippen molar-refractivity contribution in [3.05, 3.63) is 24.1 Å². The van der Waals surface area contributed by atoms with Crippen LogP contribution in [-0.4, -0.2) is 41.6 Å². The second-order valence-corrected chi connectivity index (χ2v) is 6.26. The lowest BCUT2D eigenvalue weighted by Gasteiger charge is -1.99. The van der Waals surface area contributed by atoms with E-state index in [0.717, 1.165) is 0 Å². The molecule has 1 N–H and O–H groups in total. The van der Waals surface area contributed by atoms with E-state index < -0.39 is 15.7 Å². The minimum Gasteiger partial charge on any atom is -0.353 e. The van der Waals surface area contributed by atoms with E-state index in [-0.39, 0.29) is 5.75 Å². The van der Waals surface area contributed by atoms with Crippen LogP contribution in [0.1, 0.15) is 6.42 Å². The summed E-state index contributed by atoms with van der Waals surface area (Å²) in [4.78, 5) is 4.11. The van der Waals surface area contributed by atoms with E-state index in [2.05, 4.69) is 15.4 Å². The largest absolute Gasteiger partial charge is 0.353 e. The van der Waals surface area contributed by atoms with Crippen LogP contribution in [0.2, 0.25) is 0 Å². The molecule has 0 aromatic carbocycles. The summed E-state index contributed by atoms with van der Waals surface area (Å²) in [6.45, 7) is 0.451. The zero-order chi connectivity index (χ0) is 13.2. The SMILES string of the molecule is CS(=O)(=O)CCCNc1nc2ccc(F)cn2n1. The number of aromatic nitrogens is 3. The summed E-state index contributed by atoms with van der Waals surface area (Å²) in [6.07, 6.45) is 2.89. The molecule has 0 spiro atoms. The summed E-state index contributed by atoms with van der Waals surface area (Å²) >= 11 is 0. The van der Waals surface area contributed by atoms with Gasteiger partial charge < -0.3 is 5.32 Å². The molecular formula is C10H13FN4O2S. The van der Waals surface area contributed by atoms with E-state index in [4.69, 9.17) is 0 Å². The van der Waals surface area contributed by atoms with Gasteiger partial charge in [-0.2, -0.15) is 4.98 Å². The molecule has 0 aliphatic heterocycles. The molecule has 0 atom stereocenters. The smallest absolute Gasteiger partial charge is 0.243 e. The minimum absolute atomic E-state index is 0.113. The molecule has 2 heterocycles. The van der Waals surface area contributed by atoms with Gasteiger partial charge in [-0.1, -0.05) is 0 Å². The Morgan fingerprint density at radius 3 is 2.94 bits per heavy atom. The first-order chi connectivity index (χ1) is 8.44. The molecule has 6 nitrogen and oxygen atoms in total. The first kappa shape index (κ1) is 12.7. The zero-order valence-corrected chi connectivity index (χ0v) is 10.6. The zero-order valence-electron chi connectivity index (χ0n) is 9.80. The Bertz CT molecular complexity index is 653. The van der Waals surface area contributed by atoms with E-state index >= 15 is 0 Å². The number of halogens is 1. The van der Waals surface area contributed by atoms with Crippen molar-refractivity contribution in [3.63, 3.8) is 0 Å². The van der Waals surface area contributed by atoms with Gasteiger partial charge in [0.1, 0.15) is 15.7 Å². The first-order valence-corrected chi connectivity index (χ1v) is 7.44. The molecule has 8 heteroatoms. The second-order valence-electron chi connectivity index (χ2n) is 4.00. The molecule has 0 saturated carbocycles. The normalized spacial score (nSPS) is 11.9. The average molecular weight is 272 g/mol. The molecule has 2 aromatic heterocycles. The quantitative estimate of drug-likeness (QED) is 0.811. The number of hydrogen-bond acceptors (Lipinski definition) is 5. The topological polar surface area (TPSA) is 76.4 Å². The van der Waals surface area contributed by atoms with E-state index in [9.17, 15) is 12.8 Å². The molecular weight excluding hydrogens is 259 g/mol. The summed E-state index contributed by atoms with van der Waals surface area (Å²) in [6, 6.07) is 2.82. The van der Waals surface area contributed by atoms with Crippen molar-refractivity contribution in [2.45, 2.75) is 6.42 Å². The van der Waals surface area contributed by atoms with Gasteiger partial charge >= 0.3 is 0 Å². The van der Waals surface area contributed by atoms with Crippen LogP contribution in [0.25, 0.3) is 5.65 Å². The van der Waals surface area contributed by atoms with E-state index in [1.165, 1.54) is 29.1 Å². The highest BCUT2D eigenvalue weighted by Crippen LogP contribution is 2.06. The number of rotatable bonds is 5. The summed E-state index contributed by atoms with van der Waals surface area (Å²) in [5.74, 6) is 0.0762. The fourth-order valence-corrected chi connectivity index (χ4v) is 2.14. The maximum Gasteiger partial charge on any atom is 0.243 e. The van der Waals surface area contributed by atoms with Crippen LogP contribution >= 0.6 is 0 Å². The highest BCUT2D eigenvalue weighted by molar-refractivity contribution is 7.90. The van der Waals surface area contributed by atoms with Crippen LogP contribution in [0, 0.1) is 5.82 Å². The Morgan fingerprint density at radius 2 is 2.22 bits per heavy atom. The predicted octanol–water partition coefficient (Wildman–Crippen LogP) is 0.715. The molecule has 0 fully saturated rings. The molecule has 98 valence electrons. The fraction of sp³-hybridized carbons (Fsp3) is 0.400. The Balaban J connectivity index is 1.96. The lowest BCUT2D eigenvalue weighted by atomic mass is 10.5. The lowest BCUT2D eigenvalue weighted by Crippen LogP contribution is -2.10. The van der Waals surface area contributed by atoms with E-state index in [0.29, 0.717) is 24.6 Å². The molecule has 2 aromatic rings. The van der Waals surface area contributed by atoms with Crippen molar-refractivity contribution >= 4 is 21.4 Å². The van der Waals surface area contributed by atoms with Crippen molar-refractivity contribution in [1.82, 2.24) is 14.6 Å².